The third-order valence-electron chi connectivity index (χ3n) is 4.92. The van der Waals surface area contributed by atoms with Crippen LogP contribution in [-0.4, -0.2) is 29.0 Å². The van der Waals surface area contributed by atoms with Crippen LogP contribution < -0.4 is 0 Å². The maximum atomic E-state index is 12.4. The highest BCUT2D eigenvalue weighted by molar-refractivity contribution is 6.15. The molecule has 1 aliphatic carbocycles. The summed E-state index contributed by atoms with van der Waals surface area (Å²) < 4.78 is 5.09. The molecule has 7 heteroatoms. The SMILES string of the molecule is Cc1ccc([C@H]2C3=C(COC3=O)N=C3CCC(=O)C32)cc1[N+](=O)[O-]. The molecule has 24 heavy (non-hydrogen) atoms. The van der Waals surface area contributed by atoms with E-state index >= 15 is 0 Å². The number of Topliss-reactive ketones (excluding diaryl/α,β-unsaturated/α-hetero) is 1. The maximum absolute atomic E-state index is 12.4. The molecule has 0 bridgehead atoms. The molecule has 1 aromatic rings. The number of carbonyl (C=O) groups excluding carboxylic acids is 2. The van der Waals surface area contributed by atoms with Gasteiger partial charge in [0.15, 0.2) is 0 Å². The number of esters is 1. The summed E-state index contributed by atoms with van der Waals surface area (Å²) >= 11 is 0. The maximum Gasteiger partial charge on any atom is 0.337 e. The summed E-state index contributed by atoms with van der Waals surface area (Å²) in [6, 6.07) is 4.86. The van der Waals surface area contributed by atoms with Gasteiger partial charge >= 0.3 is 5.97 Å². The molecule has 0 spiro atoms. The first-order valence-electron chi connectivity index (χ1n) is 7.72. The molecule has 0 radical (unpaired) electrons. The first-order valence-corrected chi connectivity index (χ1v) is 7.72. The number of nitro benzene ring substituents is 1. The summed E-state index contributed by atoms with van der Waals surface area (Å²) in [5, 5.41) is 11.3. The van der Waals surface area contributed by atoms with Gasteiger partial charge in [0.25, 0.3) is 5.69 Å². The van der Waals surface area contributed by atoms with Gasteiger partial charge in [0.05, 0.1) is 22.1 Å². The molecule has 7 nitrogen and oxygen atoms in total. The Morgan fingerprint density at radius 3 is 2.79 bits per heavy atom. The number of hydrogen-bond acceptors (Lipinski definition) is 6. The molecule has 3 aliphatic rings. The van der Waals surface area contributed by atoms with Crippen LogP contribution in [-0.2, 0) is 14.3 Å². The van der Waals surface area contributed by atoms with E-state index in [1.807, 2.05) is 0 Å². The van der Waals surface area contributed by atoms with Crippen molar-refractivity contribution in [2.24, 2.45) is 10.9 Å². The monoisotopic (exact) mass is 326 g/mol. The average molecular weight is 326 g/mol. The summed E-state index contributed by atoms with van der Waals surface area (Å²) in [5.74, 6) is -1.53. The van der Waals surface area contributed by atoms with E-state index in [4.69, 9.17) is 4.74 Å². The lowest BCUT2D eigenvalue weighted by molar-refractivity contribution is -0.385. The first kappa shape index (κ1) is 14.7. The van der Waals surface area contributed by atoms with Crippen LogP contribution in [0.4, 0.5) is 5.69 Å². The first-order chi connectivity index (χ1) is 11.5. The Balaban J connectivity index is 1.90. The number of rotatable bonds is 2. The van der Waals surface area contributed by atoms with Crippen molar-refractivity contribution in [1.82, 2.24) is 0 Å². The highest BCUT2D eigenvalue weighted by atomic mass is 16.6. The van der Waals surface area contributed by atoms with Crippen LogP contribution in [0.3, 0.4) is 0 Å². The fraction of sp³-hybridized carbons (Fsp3) is 0.353. The fourth-order valence-electron chi connectivity index (χ4n) is 3.77. The molecule has 1 aromatic carbocycles. The molecule has 1 unspecified atom stereocenters. The van der Waals surface area contributed by atoms with Gasteiger partial charge in [-0.05, 0) is 18.9 Å². The van der Waals surface area contributed by atoms with E-state index in [9.17, 15) is 19.7 Å². The Hall–Kier alpha value is -2.83. The molecule has 0 saturated heterocycles. The van der Waals surface area contributed by atoms with Gasteiger partial charge in [0, 0.05) is 29.7 Å². The molecule has 2 heterocycles. The fourth-order valence-corrected chi connectivity index (χ4v) is 3.77. The Morgan fingerprint density at radius 2 is 2.04 bits per heavy atom. The molecule has 2 atom stereocenters. The van der Waals surface area contributed by atoms with Gasteiger partial charge in [-0.1, -0.05) is 12.1 Å². The number of nitro groups is 1. The Bertz CT molecular complexity index is 868. The van der Waals surface area contributed by atoms with Crippen molar-refractivity contribution in [3.05, 3.63) is 50.7 Å². The van der Waals surface area contributed by atoms with Gasteiger partial charge in [-0.2, -0.15) is 0 Å². The number of aliphatic imine (C=N–C) groups is 1. The van der Waals surface area contributed by atoms with Crippen molar-refractivity contribution in [3.8, 4) is 0 Å². The number of nitrogens with zero attached hydrogens (tertiary/aromatic N) is 2. The van der Waals surface area contributed by atoms with Crippen LogP contribution in [0.25, 0.3) is 0 Å². The number of fused-ring (bicyclic) bond motifs is 1. The van der Waals surface area contributed by atoms with Crippen LogP contribution in [0.15, 0.2) is 34.5 Å². The predicted molar refractivity (Wildman–Crippen MR) is 83.7 cm³/mol. The second-order valence-electron chi connectivity index (χ2n) is 6.26. The van der Waals surface area contributed by atoms with Crippen LogP contribution in [0.1, 0.15) is 29.9 Å². The molecule has 0 amide bonds. The zero-order valence-electron chi connectivity index (χ0n) is 12.9. The number of benzene rings is 1. The molecule has 1 saturated carbocycles. The molecule has 4 rings (SSSR count). The highest BCUT2D eigenvalue weighted by Gasteiger charge is 2.48. The van der Waals surface area contributed by atoms with Crippen molar-refractivity contribution in [2.45, 2.75) is 25.7 Å². The number of cyclic esters (lactones) is 1. The van der Waals surface area contributed by atoms with E-state index in [0.717, 1.165) is 5.71 Å². The number of carbonyl (C=O) groups is 2. The number of ether oxygens (including phenoxy) is 1. The van der Waals surface area contributed by atoms with Gasteiger partial charge in [0.2, 0.25) is 0 Å². The molecular weight excluding hydrogens is 312 g/mol. The predicted octanol–water partition coefficient (Wildman–Crippen LogP) is 2.23. The molecule has 0 aromatic heterocycles. The normalized spacial score (nSPS) is 25.3. The van der Waals surface area contributed by atoms with Gasteiger partial charge < -0.3 is 4.74 Å². The largest absolute Gasteiger partial charge is 0.456 e. The summed E-state index contributed by atoms with van der Waals surface area (Å²) in [6.07, 6.45) is 0.961. The molecule has 1 fully saturated rings. The number of aryl methyl sites for hydroxylation is 1. The minimum atomic E-state index is -0.545. The number of hydrogen-bond donors (Lipinski definition) is 0. The molecule has 0 N–H and O–H groups in total. The third kappa shape index (κ3) is 2.01. The summed E-state index contributed by atoms with van der Waals surface area (Å²) in [5.41, 5.74) is 2.79. The lowest BCUT2D eigenvalue weighted by atomic mass is 9.76. The van der Waals surface area contributed by atoms with Crippen LogP contribution >= 0.6 is 0 Å². The van der Waals surface area contributed by atoms with Crippen molar-refractivity contribution in [2.75, 3.05) is 6.61 Å². The van der Waals surface area contributed by atoms with E-state index in [0.29, 0.717) is 35.2 Å². The quantitative estimate of drug-likeness (QED) is 0.471. The number of ketones is 1. The molecular formula is C17H14N2O5. The van der Waals surface area contributed by atoms with E-state index in [-0.39, 0.29) is 18.1 Å². The Morgan fingerprint density at radius 1 is 1.25 bits per heavy atom. The van der Waals surface area contributed by atoms with Crippen molar-refractivity contribution in [3.63, 3.8) is 0 Å². The van der Waals surface area contributed by atoms with E-state index in [1.54, 1.807) is 19.1 Å². The molecule has 122 valence electrons. The Labute approximate surface area is 137 Å². The third-order valence-corrected chi connectivity index (χ3v) is 4.92. The van der Waals surface area contributed by atoms with Gasteiger partial charge in [-0.25, -0.2) is 4.79 Å². The summed E-state index contributed by atoms with van der Waals surface area (Å²) in [7, 11) is 0. The summed E-state index contributed by atoms with van der Waals surface area (Å²) in [4.78, 5) is 39.8. The van der Waals surface area contributed by atoms with Gasteiger partial charge in [-0.15, -0.1) is 0 Å². The second-order valence-corrected chi connectivity index (χ2v) is 6.26. The summed E-state index contributed by atoms with van der Waals surface area (Å²) in [6.45, 7) is 1.76. The second kappa shape index (κ2) is 5.09. The van der Waals surface area contributed by atoms with Gasteiger partial charge in [0.1, 0.15) is 12.4 Å². The molecule has 2 aliphatic heterocycles. The van der Waals surface area contributed by atoms with Crippen molar-refractivity contribution < 1.29 is 19.2 Å². The van der Waals surface area contributed by atoms with Crippen LogP contribution in [0, 0.1) is 23.0 Å². The van der Waals surface area contributed by atoms with Crippen molar-refractivity contribution in [1.29, 1.82) is 0 Å². The standard InChI is InChI=1S/C17H14N2O5/c1-8-2-3-9(6-12(8)19(22)23)14-15-10(4-5-13(15)20)18-11-7-24-17(21)16(11)14/h2-3,6,14-15H,4-5,7H2,1H3/t14-,15?/m1/s1. The lowest BCUT2D eigenvalue weighted by Crippen LogP contribution is -2.30. The smallest absolute Gasteiger partial charge is 0.337 e. The minimum absolute atomic E-state index is 0.0180. The van der Waals surface area contributed by atoms with Crippen LogP contribution in [0.5, 0.6) is 0 Å². The van der Waals surface area contributed by atoms with E-state index in [1.165, 1.54) is 6.07 Å². The van der Waals surface area contributed by atoms with E-state index in [2.05, 4.69) is 4.99 Å². The zero-order chi connectivity index (χ0) is 17.0. The highest BCUT2D eigenvalue weighted by Crippen LogP contribution is 2.46. The Kier molecular flexibility index (Phi) is 3.13. The zero-order valence-corrected chi connectivity index (χ0v) is 12.9. The average Bonchev–Trinajstić information content (AvgIpc) is 3.10. The van der Waals surface area contributed by atoms with Gasteiger partial charge in [-0.3, -0.25) is 19.9 Å². The topological polar surface area (TPSA) is 98.9 Å². The van der Waals surface area contributed by atoms with E-state index < -0.39 is 22.7 Å². The lowest BCUT2D eigenvalue weighted by Gasteiger charge is -2.27. The minimum Gasteiger partial charge on any atom is -0.456 e. The van der Waals surface area contributed by atoms with Crippen LogP contribution in [0.2, 0.25) is 0 Å². The van der Waals surface area contributed by atoms with Crippen molar-refractivity contribution >= 4 is 23.2 Å².